The summed E-state index contributed by atoms with van der Waals surface area (Å²) in [4.78, 5) is 4.63. The van der Waals surface area contributed by atoms with E-state index in [2.05, 4.69) is 11.9 Å². The number of amidine groups is 1. The zero-order chi connectivity index (χ0) is 9.26. The molecule has 0 bridgehead atoms. The Labute approximate surface area is 80.6 Å². The van der Waals surface area contributed by atoms with Crippen LogP contribution in [0.4, 0.5) is 0 Å². The molecule has 1 atom stereocenters. The van der Waals surface area contributed by atoms with E-state index in [1.54, 1.807) is 0 Å². The summed E-state index contributed by atoms with van der Waals surface area (Å²) in [5.41, 5.74) is 5.90. The van der Waals surface area contributed by atoms with Gasteiger partial charge in [0.15, 0.2) is 0 Å². The van der Waals surface area contributed by atoms with Crippen LogP contribution in [0.1, 0.15) is 45.4 Å². The molecule has 2 saturated carbocycles. The lowest BCUT2D eigenvalue weighted by Gasteiger charge is -2.10. The Morgan fingerprint density at radius 3 is 2.54 bits per heavy atom. The van der Waals surface area contributed by atoms with Gasteiger partial charge in [0, 0.05) is 5.92 Å². The fourth-order valence-electron chi connectivity index (χ4n) is 1.74. The van der Waals surface area contributed by atoms with E-state index in [0.29, 0.717) is 12.0 Å². The molecule has 2 rings (SSSR count). The van der Waals surface area contributed by atoms with Gasteiger partial charge in [0.2, 0.25) is 0 Å². The van der Waals surface area contributed by atoms with Crippen molar-refractivity contribution in [3.05, 3.63) is 0 Å². The minimum atomic E-state index is 0.521. The van der Waals surface area contributed by atoms with Crippen molar-refractivity contribution in [1.29, 1.82) is 0 Å². The number of nitrogens with two attached hydrogens (primary N) is 1. The molecule has 74 valence electrons. The van der Waals surface area contributed by atoms with Gasteiger partial charge in [-0.15, -0.1) is 0 Å². The van der Waals surface area contributed by atoms with E-state index in [4.69, 9.17) is 5.73 Å². The van der Waals surface area contributed by atoms with Gasteiger partial charge in [-0.2, -0.15) is 0 Å². The van der Waals surface area contributed by atoms with Crippen molar-refractivity contribution in [3.63, 3.8) is 0 Å². The Hall–Kier alpha value is -0.530. The first-order valence-electron chi connectivity index (χ1n) is 5.62. The fraction of sp³-hybridized carbons (Fsp3) is 0.909. The van der Waals surface area contributed by atoms with Crippen LogP contribution >= 0.6 is 0 Å². The van der Waals surface area contributed by atoms with Gasteiger partial charge in [0.05, 0.1) is 11.9 Å². The molecule has 2 heteroatoms. The molecule has 0 amide bonds. The fourth-order valence-corrected chi connectivity index (χ4v) is 1.74. The SMILES string of the molecule is CCC(CC1CC1)N=C(N)C1CC1. The summed E-state index contributed by atoms with van der Waals surface area (Å²) in [6, 6.07) is 0.521. The second kappa shape index (κ2) is 3.69. The average Bonchev–Trinajstić information content (AvgIpc) is 2.96. The molecular formula is C11H20N2. The highest BCUT2D eigenvalue weighted by Gasteiger charge is 2.28. The van der Waals surface area contributed by atoms with Crippen LogP contribution in [-0.2, 0) is 0 Å². The monoisotopic (exact) mass is 180 g/mol. The first-order valence-corrected chi connectivity index (χ1v) is 5.62. The maximum Gasteiger partial charge on any atom is 0.0971 e. The van der Waals surface area contributed by atoms with E-state index < -0.39 is 0 Å². The van der Waals surface area contributed by atoms with Crippen molar-refractivity contribution in [1.82, 2.24) is 0 Å². The van der Waals surface area contributed by atoms with Crippen LogP contribution < -0.4 is 5.73 Å². The molecule has 0 heterocycles. The third-order valence-corrected chi connectivity index (χ3v) is 3.10. The Morgan fingerprint density at radius 2 is 2.08 bits per heavy atom. The largest absolute Gasteiger partial charge is 0.387 e. The van der Waals surface area contributed by atoms with Crippen molar-refractivity contribution in [2.24, 2.45) is 22.6 Å². The molecule has 0 aromatic carbocycles. The highest BCUT2D eigenvalue weighted by molar-refractivity contribution is 5.85. The van der Waals surface area contributed by atoms with Crippen LogP contribution in [0.5, 0.6) is 0 Å². The molecular weight excluding hydrogens is 160 g/mol. The van der Waals surface area contributed by atoms with E-state index in [1.165, 1.54) is 32.1 Å². The number of hydrogen-bond donors (Lipinski definition) is 1. The second-order valence-corrected chi connectivity index (χ2v) is 4.57. The molecule has 0 aromatic heterocycles. The summed E-state index contributed by atoms with van der Waals surface area (Å²) in [6.07, 6.45) is 7.84. The van der Waals surface area contributed by atoms with Crippen molar-refractivity contribution < 1.29 is 0 Å². The van der Waals surface area contributed by atoms with Crippen LogP contribution in [0.2, 0.25) is 0 Å². The maximum atomic E-state index is 5.90. The number of nitrogens with zero attached hydrogens (tertiary/aromatic N) is 1. The summed E-state index contributed by atoms with van der Waals surface area (Å²) in [5.74, 6) is 2.56. The second-order valence-electron chi connectivity index (χ2n) is 4.57. The van der Waals surface area contributed by atoms with Gasteiger partial charge in [-0.05, 0) is 31.6 Å². The lowest BCUT2D eigenvalue weighted by Crippen LogP contribution is -2.18. The molecule has 0 spiro atoms. The third kappa shape index (κ3) is 2.71. The molecule has 2 fully saturated rings. The predicted molar refractivity (Wildman–Crippen MR) is 55.8 cm³/mol. The van der Waals surface area contributed by atoms with E-state index >= 15 is 0 Å². The smallest absolute Gasteiger partial charge is 0.0971 e. The summed E-state index contributed by atoms with van der Waals surface area (Å²) < 4.78 is 0. The molecule has 2 N–H and O–H groups in total. The Balaban J connectivity index is 1.83. The first kappa shape index (κ1) is 9.04. The maximum absolute atomic E-state index is 5.90. The van der Waals surface area contributed by atoms with Crippen LogP contribution in [0, 0.1) is 11.8 Å². The molecule has 13 heavy (non-hydrogen) atoms. The van der Waals surface area contributed by atoms with Crippen molar-refractivity contribution in [2.75, 3.05) is 0 Å². The van der Waals surface area contributed by atoms with Crippen molar-refractivity contribution in [2.45, 2.75) is 51.5 Å². The molecule has 1 unspecified atom stereocenters. The zero-order valence-electron chi connectivity index (χ0n) is 8.50. The van der Waals surface area contributed by atoms with Gasteiger partial charge in [-0.3, -0.25) is 4.99 Å². The lowest BCUT2D eigenvalue weighted by atomic mass is 10.1. The Bertz CT molecular complexity index is 202. The minimum absolute atomic E-state index is 0.521. The summed E-state index contributed by atoms with van der Waals surface area (Å²) in [5, 5.41) is 0. The number of rotatable bonds is 5. The van der Waals surface area contributed by atoms with Crippen molar-refractivity contribution in [3.8, 4) is 0 Å². The van der Waals surface area contributed by atoms with Crippen LogP contribution in [-0.4, -0.2) is 11.9 Å². The molecule has 0 aromatic rings. The normalized spacial score (nSPS) is 26.1. The molecule has 0 radical (unpaired) electrons. The van der Waals surface area contributed by atoms with Crippen LogP contribution in [0.15, 0.2) is 4.99 Å². The Morgan fingerprint density at radius 1 is 1.38 bits per heavy atom. The third-order valence-electron chi connectivity index (χ3n) is 3.10. The summed E-state index contributed by atoms with van der Waals surface area (Å²) >= 11 is 0. The summed E-state index contributed by atoms with van der Waals surface area (Å²) in [7, 11) is 0. The number of aliphatic imine (C=N–C) groups is 1. The molecule has 0 aliphatic heterocycles. The average molecular weight is 180 g/mol. The van der Waals surface area contributed by atoms with Gasteiger partial charge in [-0.1, -0.05) is 19.8 Å². The van der Waals surface area contributed by atoms with Gasteiger partial charge < -0.3 is 5.73 Å². The van der Waals surface area contributed by atoms with E-state index in [1.807, 2.05) is 0 Å². The van der Waals surface area contributed by atoms with Gasteiger partial charge >= 0.3 is 0 Å². The van der Waals surface area contributed by atoms with Gasteiger partial charge in [0.25, 0.3) is 0 Å². The molecule has 0 saturated heterocycles. The predicted octanol–water partition coefficient (Wildman–Crippen LogP) is 2.33. The Kier molecular flexibility index (Phi) is 2.56. The zero-order valence-corrected chi connectivity index (χ0v) is 8.50. The topological polar surface area (TPSA) is 38.4 Å². The van der Waals surface area contributed by atoms with Gasteiger partial charge in [0.1, 0.15) is 0 Å². The number of hydrogen-bond acceptors (Lipinski definition) is 1. The van der Waals surface area contributed by atoms with Crippen LogP contribution in [0.25, 0.3) is 0 Å². The minimum Gasteiger partial charge on any atom is -0.387 e. The van der Waals surface area contributed by atoms with E-state index in [0.717, 1.165) is 18.2 Å². The highest BCUT2D eigenvalue weighted by Crippen LogP contribution is 2.35. The standard InChI is InChI=1S/C11H20N2/c1-2-10(7-8-3-4-8)13-11(12)9-5-6-9/h8-10H,2-7H2,1H3,(H2,12,13). The summed E-state index contributed by atoms with van der Waals surface area (Å²) in [6.45, 7) is 2.22. The molecule has 2 aliphatic rings. The quantitative estimate of drug-likeness (QED) is 0.512. The van der Waals surface area contributed by atoms with E-state index in [-0.39, 0.29) is 0 Å². The first-order chi connectivity index (χ1) is 6.29. The van der Waals surface area contributed by atoms with Crippen molar-refractivity contribution >= 4 is 5.84 Å². The lowest BCUT2D eigenvalue weighted by molar-refractivity contribution is 0.555. The van der Waals surface area contributed by atoms with Gasteiger partial charge in [-0.25, -0.2) is 0 Å². The molecule has 2 nitrogen and oxygen atoms in total. The molecule has 2 aliphatic carbocycles. The highest BCUT2D eigenvalue weighted by atomic mass is 14.9. The van der Waals surface area contributed by atoms with E-state index in [9.17, 15) is 0 Å². The van der Waals surface area contributed by atoms with Crippen LogP contribution in [0.3, 0.4) is 0 Å².